The molecule has 4 nitrogen and oxygen atoms in total. The number of piperidine rings is 1. The van der Waals surface area contributed by atoms with Crippen molar-refractivity contribution in [2.75, 3.05) is 13.1 Å². The van der Waals surface area contributed by atoms with Crippen LogP contribution in [0.4, 0.5) is 0 Å². The second kappa shape index (κ2) is 4.70. The summed E-state index contributed by atoms with van der Waals surface area (Å²) >= 11 is 0. The lowest BCUT2D eigenvalue weighted by Gasteiger charge is -2.30. The van der Waals surface area contributed by atoms with Crippen molar-refractivity contribution >= 4 is 16.8 Å². The molecule has 1 fully saturated rings. The first-order valence-electron chi connectivity index (χ1n) is 6.68. The van der Waals surface area contributed by atoms with E-state index in [0.29, 0.717) is 6.54 Å². The standard InChI is InChI=1S/C15H18N2O2/c1-16-10-13(12-6-2-3-7-14(12)16)15(19)17-8-4-5-11(18)9-17/h2-3,6-7,10-11,18H,4-5,8-9H2,1H3. The van der Waals surface area contributed by atoms with E-state index in [9.17, 15) is 9.90 Å². The number of hydrogen-bond acceptors (Lipinski definition) is 2. The number of hydrogen-bond donors (Lipinski definition) is 1. The fourth-order valence-corrected chi connectivity index (χ4v) is 2.82. The highest BCUT2D eigenvalue weighted by atomic mass is 16.3. The Morgan fingerprint density at radius 2 is 2.16 bits per heavy atom. The van der Waals surface area contributed by atoms with Gasteiger partial charge in [0, 0.05) is 37.2 Å². The third-order valence-electron chi connectivity index (χ3n) is 3.81. The molecule has 1 N–H and O–H groups in total. The van der Waals surface area contributed by atoms with Crippen LogP contribution in [-0.4, -0.2) is 39.7 Å². The lowest BCUT2D eigenvalue weighted by atomic mass is 10.1. The molecule has 1 amide bonds. The molecule has 0 saturated carbocycles. The lowest BCUT2D eigenvalue weighted by molar-refractivity contribution is 0.0475. The maximum Gasteiger partial charge on any atom is 0.256 e. The van der Waals surface area contributed by atoms with E-state index in [1.165, 1.54) is 0 Å². The molecular weight excluding hydrogens is 240 g/mol. The molecule has 1 aliphatic heterocycles. The molecule has 0 bridgehead atoms. The van der Waals surface area contributed by atoms with Crippen LogP contribution in [-0.2, 0) is 7.05 Å². The molecule has 100 valence electrons. The summed E-state index contributed by atoms with van der Waals surface area (Å²) in [5, 5.41) is 10.7. The van der Waals surface area contributed by atoms with E-state index in [4.69, 9.17) is 0 Å². The summed E-state index contributed by atoms with van der Waals surface area (Å²) in [5.41, 5.74) is 1.79. The number of aliphatic hydroxyl groups excluding tert-OH is 1. The number of likely N-dealkylation sites (tertiary alicyclic amines) is 1. The van der Waals surface area contributed by atoms with Gasteiger partial charge in [0.15, 0.2) is 0 Å². The number of fused-ring (bicyclic) bond motifs is 1. The molecule has 1 aromatic carbocycles. The van der Waals surface area contributed by atoms with E-state index >= 15 is 0 Å². The van der Waals surface area contributed by atoms with E-state index < -0.39 is 0 Å². The molecule has 1 unspecified atom stereocenters. The van der Waals surface area contributed by atoms with Crippen LogP contribution in [0, 0.1) is 0 Å². The first-order valence-corrected chi connectivity index (χ1v) is 6.68. The van der Waals surface area contributed by atoms with Gasteiger partial charge in [-0.2, -0.15) is 0 Å². The quantitative estimate of drug-likeness (QED) is 0.847. The lowest BCUT2D eigenvalue weighted by Crippen LogP contribution is -2.42. The molecule has 0 radical (unpaired) electrons. The Morgan fingerprint density at radius 1 is 1.37 bits per heavy atom. The summed E-state index contributed by atoms with van der Waals surface area (Å²) in [4.78, 5) is 14.3. The summed E-state index contributed by atoms with van der Waals surface area (Å²) in [5.74, 6) is 0.0237. The number of para-hydroxylation sites is 1. The van der Waals surface area contributed by atoms with Crippen LogP contribution < -0.4 is 0 Å². The van der Waals surface area contributed by atoms with Gasteiger partial charge in [0.1, 0.15) is 0 Å². The third kappa shape index (κ3) is 2.12. The van der Waals surface area contributed by atoms with Gasteiger partial charge >= 0.3 is 0 Å². The van der Waals surface area contributed by atoms with Crippen LogP contribution in [0.5, 0.6) is 0 Å². The zero-order valence-electron chi connectivity index (χ0n) is 11.0. The van der Waals surface area contributed by atoms with Crippen LogP contribution in [0.25, 0.3) is 10.9 Å². The number of amides is 1. The van der Waals surface area contributed by atoms with Crippen LogP contribution in [0.3, 0.4) is 0 Å². The Balaban J connectivity index is 1.97. The van der Waals surface area contributed by atoms with E-state index in [1.807, 2.05) is 42.1 Å². The van der Waals surface area contributed by atoms with Gasteiger partial charge in [-0.15, -0.1) is 0 Å². The van der Waals surface area contributed by atoms with Crippen LogP contribution in [0.2, 0.25) is 0 Å². The van der Waals surface area contributed by atoms with Crippen molar-refractivity contribution in [3.63, 3.8) is 0 Å². The van der Waals surface area contributed by atoms with E-state index in [2.05, 4.69) is 0 Å². The van der Waals surface area contributed by atoms with Gasteiger partial charge < -0.3 is 14.6 Å². The number of aliphatic hydroxyl groups is 1. The van der Waals surface area contributed by atoms with Crippen LogP contribution in [0.1, 0.15) is 23.2 Å². The van der Waals surface area contributed by atoms with Gasteiger partial charge in [-0.3, -0.25) is 4.79 Å². The van der Waals surface area contributed by atoms with Crippen molar-refractivity contribution in [3.8, 4) is 0 Å². The molecule has 3 rings (SSSR count). The van der Waals surface area contributed by atoms with E-state index in [-0.39, 0.29) is 12.0 Å². The zero-order valence-corrected chi connectivity index (χ0v) is 11.0. The first kappa shape index (κ1) is 12.2. The van der Waals surface area contributed by atoms with Crippen LogP contribution in [0.15, 0.2) is 30.5 Å². The van der Waals surface area contributed by atoms with Crippen molar-refractivity contribution in [2.45, 2.75) is 18.9 Å². The number of aryl methyl sites for hydroxylation is 1. The fraction of sp³-hybridized carbons (Fsp3) is 0.400. The maximum atomic E-state index is 12.6. The molecule has 4 heteroatoms. The normalized spacial score (nSPS) is 19.9. The van der Waals surface area contributed by atoms with Crippen molar-refractivity contribution in [2.24, 2.45) is 7.05 Å². The second-order valence-corrected chi connectivity index (χ2v) is 5.22. The average Bonchev–Trinajstić information content (AvgIpc) is 2.76. The van der Waals surface area contributed by atoms with Crippen molar-refractivity contribution in [3.05, 3.63) is 36.0 Å². The predicted molar refractivity (Wildman–Crippen MR) is 74.1 cm³/mol. The number of carbonyl (C=O) groups is 1. The minimum atomic E-state index is -0.382. The maximum absolute atomic E-state index is 12.6. The largest absolute Gasteiger partial charge is 0.391 e. The highest BCUT2D eigenvalue weighted by Gasteiger charge is 2.25. The van der Waals surface area contributed by atoms with Gasteiger partial charge in [-0.05, 0) is 18.9 Å². The molecule has 1 atom stereocenters. The number of β-amino-alcohol motifs (C(OH)–C–C–N with tert-alkyl or cyclic N) is 1. The second-order valence-electron chi connectivity index (χ2n) is 5.22. The SMILES string of the molecule is Cn1cc(C(=O)N2CCCC(O)C2)c2ccccc21. The van der Waals surface area contributed by atoms with Gasteiger partial charge in [-0.25, -0.2) is 0 Å². The van der Waals surface area contributed by atoms with Gasteiger partial charge in [0.25, 0.3) is 5.91 Å². The van der Waals surface area contributed by atoms with Crippen molar-refractivity contribution in [1.29, 1.82) is 0 Å². The monoisotopic (exact) mass is 258 g/mol. The Hall–Kier alpha value is -1.81. The Morgan fingerprint density at radius 3 is 2.95 bits per heavy atom. The number of benzene rings is 1. The summed E-state index contributed by atoms with van der Waals surface area (Å²) in [6.45, 7) is 1.18. The van der Waals surface area contributed by atoms with Gasteiger partial charge in [-0.1, -0.05) is 18.2 Å². The summed E-state index contributed by atoms with van der Waals surface area (Å²) in [6.07, 6.45) is 3.16. The van der Waals surface area contributed by atoms with Crippen molar-refractivity contribution < 1.29 is 9.90 Å². The van der Waals surface area contributed by atoms with Gasteiger partial charge in [0.05, 0.1) is 11.7 Å². The minimum absolute atomic E-state index is 0.0237. The fourth-order valence-electron chi connectivity index (χ4n) is 2.82. The number of aromatic nitrogens is 1. The number of nitrogens with zero attached hydrogens (tertiary/aromatic N) is 2. The molecule has 2 heterocycles. The minimum Gasteiger partial charge on any atom is -0.391 e. The molecule has 0 aliphatic carbocycles. The molecule has 2 aromatic rings. The van der Waals surface area contributed by atoms with Crippen LogP contribution >= 0.6 is 0 Å². The summed E-state index contributed by atoms with van der Waals surface area (Å²) in [7, 11) is 1.95. The summed E-state index contributed by atoms with van der Waals surface area (Å²) in [6, 6.07) is 7.91. The first-order chi connectivity index (χ1) is 9.16. The molecule has 19 heavy (non-hydrogen) atoms. The Bertz CT molecular complexity index is 618. The Kier molecular flexibility index (Phi) is 3.03. The van der Waals surface area contributed by atoms with Crippen molar-refractivity contribution in [1.82, 2.24) is 9.47 Å². The Labute approximate surface area is 112 Å². The third-order valence-corrected chi connectivity index (χ3v) is 3.81. The molecule has 0 spiro atoms. The van der Waals surface area contributed by atoms with Gasteiger partial charge in [0.2, 0.25) is 0 Å². The highest BCUT2D eigenvalue weighted by molar-refractivity contribution is 6.07. The topological polar surface area (TPSA) is 45.5 Å². The molecule has 1 aliphatic rings. The number of carbonyl (C=O) groups excluding carboxylic acids is 1. The average molecular weight is 258 g/mol. The summed E-state index contributed by atoms with van der Waals surface area (Å²) < 4.78 is 1.98. The highest BCUT2D eigenvalue weighted by Crippen LogP contribution is 2.23. The number of rotatable bonds is 1. The van der Waals surface area contributed by atoms with E-state index in [1.54, 1.807) is 4.90 Å². The molecule has 1 aromatic heterocycles. The molecular formula is C15H18N2O2. The smallest absolute Gasteiger partial charge is 0.256 e. The zero-order chi connectivity index (χ0) is 13.4. The predicted octanol–water partition coefficient (Wildman–Crippen LogP) is 1.78. The van der Waals surface area contributed by atoms with E-state index in [0.717, 1.165) is 35.9 Å². The molecule has 1 saturated heterocycles.